The summed E-state index contributed by atoms with van der Waals surface area (Å²) >= 11 is 0. The third-order valence-electron chi connectivity index (χ3n) is 5.39. The Kier molecular flexibility index (Phi) is 9.14. The number of aryl methyl sites for hydroxylation is 1. The molecule has 1 saturated heterocycles. The van der Waals surface area contributed by atoms with Crippen LogP contribution in [0.15, 0.2) is 30.5 Å². The van der Waals surface area contributed by atoms with E-state index in [0.29, 0.717) is 19.4 Å². The van der Waals surface area contributed by atoms with Crippen molar-refractivity contribution in [1.82, 2.24) is 4.98 Å². The molecule has 1 aliphatic heterocycles. The van der Waals surface area contributed by atoms with E-state index in [1.807, 2.05) is 38.2 Å². The highest BCUT2D eigenvalue weighted by Gasteiger charge is 2.36. The normalized spacial score (nSPS) is 22.3. The van der Waals surface area contributed by atoms with E-state index in [9.17, 15) is 13.2 Å². The first-order valence-corrected chi connectivity index (χ1v) is 10.2. The van der Waals surface area contributed by atoms with E-state index in [0.717, 1.165) is 22.2 Å². The highest BCUT2D eigenvalue weighted by atomic mass is 35.5. The number of rotatable bonds is 4. The number of nitrogens with two attached hydrogens (primary N) is 1. The Morgan fingerprint density at radius 3 is 2.50 bits per heavy atom. The smallest absolute Gasteiger partial charge is 0.150 e. The third-order valence-corrected chi connectivity index (χ3v) is 6.55. The number of fused-ring (bicyclic) bond motifs is 1. The van der Waals surface area contributed by atoms with Crippen molar-refractivity contribution in [2.24, 2.45) is 11.7 Å². The molecule has 28 heavy (non-hydrogen) atoms. The van der Waals surface area contributed by atoms with Crippen LogP contribution in [0, 0.1) is 12.8 Å². The Bertz CT molecular complexity index is 899. The van der Waals surface area contributed by atoms with Crippen LogP contribution < -0.4 is 10.6 Å². The van der Waals surface area contributed by atoms with Crippen molar-refractivity contribution in [3.63, 3.8) is 0 Å². The number of hydrogen-bond acceptors (Lipinski definition) is 6. The van der Waals surface area contributed by atoms with Crippen molar-refractivity contribution in [3.05, 3.63) is 36.0 Å². The van der Waals surface area contributed by atoms with Gasteiger partial charge in [0.15, 0.2) is 5.78 Å². The molecule has 0 radical (unpaired) electrons. The predicted octanol–water partition coefficient (Wildman–Crippen LogP) is 2.50. The Morgan fingerprint density at radius 1 is 1.25 bits per heavy atom. The fourth-order valence-corrected chi connectivity index (χ4v) is 4.87. The SMILES string of the molecule is Cc1cnc(N2CC[C@H]([SH](=O)=O)C(C(=O)CN)CC2C)c2ccccc12.Cl.Cl. The highest BCUT2D eigenvalue weighted by Crippen LogP contribution is 2.33. The molecule has 3 atom stereocenters. The number of benzene rings is 1. The quantitative estimate of drug-likeness (QED) is 0.699. The minimum atomic E-state index is -2.68. The van der Waals surface area contributed by atoms with Crippen LogP contribution in [-0.4, -0.2) is 43.6 Å². The third kappa shape index (κ3) is 4.76. The molecule has 0 spiro atoms. The molecule has 9 heteroatoms. The number of carbonyl (C=O) groups excluding carboxylic acids is 1. The molecule has 1 aromatic heterocycles. The van der Waals surface area contributed by atoms with Gasteiger partial charge in [0.05, 0.1) is 11.8 Å². The first kappa shape index (κ1) is 24.6. The summed E-state index contributed by atoms with van der Waals surface area (Å²) in [5.74, 6) is 0.127. The molecule has 2 aromatic rings. The van der Waals surface area contributed by atoms with Crippen LogP contribution in [0.5, 0.6) is 0 Å². The van der Waals surface area contributed by atoms with E-state index in [1.54, 1.807) is 0 Å². The second-order valence-corrected chi connectivity index (χ2v) is 8.24. The van der Waals surface area contributed by atoms with Gasteiger partial charge in [0.2, 0.25) is 0 Å². The Morgan fingerprint density at radius 2 is 1.89 bits per heavy atom. The molecule has 0 amide bonds. The summed E-state index contributed by atoms with van der Waals surface area (Å²) in [7, 11) is -2.68. The van der Waals surface area contributed by atoms with Gasteiger partial charge in [-0.2, -0.15) is 0 Å². The minimum Gasteiger partial charge on any atom is -0.353 e. The average molecular weight is 448 g/mol. The second kappa shape index (κ2) is 10.4. The van der Waals surface area contributed by atoms with Gasteiger partial charge in [-0.3, -0.25) is 4.79 Å². The van der Waals surface area contributed by atoms with E-state index in [1.165, 1.54) is 0 Å². The van der Waals surface area contributed by atoms with Crippen LogP contribution in [0.25, 0.3) is 10.8 Å². The number of carbonyl (C=O) groups is 1. The van der Waals surface area contributed by atoms with E-state index >= 15 is 0 Å². The summed E-state index contributed by atoms with van der Waals surface area (Å²) in [5, 5.41) is 1.52. The summed E-state index contributed by atoms with van der Waals surface area (Å²) in [6.07, 6.45) is 2.72. The van der Waals surface area contributed by atoms with E-state index in [2.05, 4.69) is 16.0 Å². The molecular formula is C19H27Cl2N3O3S. The number of thiol groups is 1. The Labute approximate surface area is 179 Å². The molecule has 2 heterocycles. The molecule has 3 rings (SSSR count). The number of halogens is 2. The fraction of sp³-hybridized carbons (Fsp3) is 0.474. The molecular weight excluding hydrogens is 421 g/mol. The summed E-state index contributed by atoms with van der Waals surface area (Å²) < 4.78 is 23.5. The van der Waals surface area contributed by atoms with Gasteiger partial charge in [0.25, 0.3) is 0 Å². The molecule has 156 valence electrons. The van der Waals surface area contributed by atoms with E-state index < -0.39 is 21.9 Å². The standard InChI is InChI=1S/C19H25N3O3S.2ClH/c1-12-11-21-19(15-6-4-3-5-14(12)15)22-8-7-18(26(24)25)16(9-13(22)2)17(23)10-20;;/h3-6,11,13,16,18,26H,7-10,20H2,1-2H3;2*1H/t13?,16?,18-;;/m0../s1. The molecule has 2 N–H and O–H groups in total. The molecule has 2 unspecified atom stereocenters. The van der Waals surface area contributed by atoms with Gasteiger partial charge >= 0.3 is 0 Å². The Balaban J connectivity index is 0.00000196. The maximum Gasteiger partial charge on any atom is 0.150 e. The molecule has 0 aliphatic carbocycles. The van der Waals surface area contributed by atoms with Gasteiger partial charge in [-0.05, 0) is 37.6 Å². The molecule has 1 fully saturated rings. The summed E-state index contributed by atoms with van der Waals surface area (Å²) in [6.45, 7) is 4.47. The van der Waals surface area contributed by atoms with Crippen molar-refractivity contribution in [2.75, 3.05) is 18.0 Å². The maximum absolute atomic E-state index is 12.3. The summed E-state index contributed by atoms with van der Waals surface area (Å²) in [6, 6.07) is 8.08. The predicted molar refractivity (Wildman–Crippen MR) is 119 cm³/mol. The molecule has 1 aromatic carbocycles. The zero-order valence-corrected chi connectivity index (χ0v) is 18.4. The van der Waals surface area contributed by atoms with Crippen LogP contribution in [0.1, 0.15) is 25.3 Å². The fourth-order valence-electron chi connectivity index (χ4n) is 3.96. The highest BCUT2D eigenvalue weighted by molar-refractivity contribution is 7.73. The van der Waals surface area contributed by atoms with Gasteiger partial charge in [-0.25, -0.2) is 13.4 Å². The molecule has 1 aliphatic rings. The van der Waals surface area contributed by atoms with Crippen LogP contribution >= 0.6 is 24.8 Å². The lowest BCUT2D eigenvalue weighted by molar-refractivity contribution is -0.121. The van der Waals surface area contributed by atoms with Crippen LogP contribution in [0.2, 0.25) is 0 Å². The van der Waals surface area contributed by atoms with Crippen molar-refractivity contribution < 1.29 is 13.2 Å². The van der Waals surface area contributed by atoms with E-state index in [4.69, 9.17) is 5.73 Å². The minimum absolute atomic E-state index is 0. The number of pyridine rings is 1. The first-order valence-electron chi connectivity index (χ1n) is 8.91. The Hall–Kier alpha value is -1.41. The van der Waals surface area contributed by atoms with E-state index in [-0.39, 0.29) is 43.2 Å². The van der Waals surface area contributed by atoms with Gasteiger partial charge in [0, 0.05) is 30.1 Å². The summed E-state index contributed by atoms with van der Waals surface area (Å²) in [5.41, 5.74) is 6.63. The summed E-state index contributed by atoms with van der Waals surface area (Å²) in [4.78, 5) is 19.0. The number of hydrogen-bond donors (Lipinski definition) is 2. The number of aromatic nitrogens is 1. The zero-order valence-electron chi connectivity index (χ0n) is 15.9. The van der Waals surface area contributed by atoms with Crippen molar-refractivity contribution >= 4 is 57.9 Å². The second-order valence-electron chi connectivity index (χ2n) is 7.01. The van der Waals surface area contributed by atoms with Crippen molar-refractivity contribution in [1.29, 1.82) is 0 Å². The topological polar surface area (TPSA) is 93.4 Å². The van der Waals surface area contributed by atoms with Gasteiger partial charge in [0.1, 0.15) is 16.5 Å². The van der Waals surface area contributed by atoms with Gasteiger partial charge in [-0.1, -0.05) is 24.3 Å². The first-order chi connectivity index (χ1) is 12.4. The number of ketones is 1. The number of Topliss-reactive ketones (excluding diaryl/α,β-unsaturated/α-hetero) is 1. The van der Waals surface area contributed by atoms with Crippen molar-refractivity contribution in [2.45, 2.75) is 38.0 Å². The number of anilines is 1. The van der Waals surface area contributed by atoms with Crippen LogP contribution in [0.3, 0.4) is 0 Å². The van der Waals surface area contributed by atoms with Gasteiger partial charge < -0.3 is 10.6 Å². The van der Waals surface area contributed by atoms with Crippen LogP contribution in [-0.2, 0) is 15.5 Å². The maximum atomic E-state index is 12.3. The molecule has 0 saturated carbocycles. The monoisotopic (exact) mass is 447 g/mol. The zero-order chi connectivity index (χ0) is 18.8. The lowest BCUT2D eigenvalue weighted by atomic mass is 9.92. The number of nitrogens with zero attached hydrogens (tertiary/aromatic N) is 2. The van der Waals surface area contributed by atoms with Gasteiger partial charge in [-0.15, -0.1) is 24.8 Å². The average Bonchev–Trinajstić information content (AvgIpc) is 2.81. The van der Waals surface area contributed by atoms with Crippen molar-refractivity contribution in [3.8, 4) is 0 Å². The molecule has 0 bridgehead atoms. The molecule has 6 nitrogen and oxygen atoms in total. The largest absolute Gasteiger partial charge is 0.353 e. The lowest BCUT2D eigenvalue weighted by Gasteiger charge is -2.30. The lowest BCUT2D eigenvalue weighted by Crippen LogP contribution is -2.36. The van der Waals surface area contributed by atoms with Crippen LogP contribution in [0.4, 0.5) is 5.82 Å².